The number of nitrogens with one attached hydrogen (secondary N) is 1. The number of hydrogen-bond acceptors (Lipinski definition) is 5. The third-order valence-corrected chi connectivity index (χ3v) is 6.65. The van der Waals surface area contributed by atoms with Gasteiger partial charge in [-0.1, -0.05) is 38.1 Å². The maximum atomic E-state index is 13.5. The number of carbonyl (C=O) groups is 2. The van der Waals surface area contributed by atoms with Gasteiger partial charge in [-0.15, -0.1) is 0 Å². The Morgan fingerprint density at radius 1 is 1.20 bits per heavy atom. The third kappa shape index (κ3) is 7.02. The van der Waals surface area contributed by atoms with Gasteiger partial charge in [-0.3, -0.25) is 9.59 Å². The molecule has 9 heteroatoms. The summed E-state index contributed by atoms with van der Waals surface area (Å²) in [5, 5.41) is 23.1. The smallest absolute Gasteiger partial charge is 0.247 e. The van der Waals surface area contributed by atoms with Crippen molar-refractivity contribution in [3.8, 4) is 5.75 Å². The number of aliphatic hydroxyl groups is 2. The molecule has 3 atom stereocenters. The number of benzene rings is 2. The summed E-state index contributed by atoms with van der Waals surface area (Å²) in [5.41, 5.74) is 1.05. The zero-order valence-electron chi connectivity index (χ0n) is 19.7. The molecule has 7 nitrogen and oxygen atoms in total. The van der Waals surface area contributed by atoms with Crippen LogP contribution in [0.1, 0.15) is 25.8 Å². The number of carbonyl (C=O) groups excluding carboxylic acids is 2. The molecule has 1 aliphatic carbocycles. The highest BCUT2D eigenvalue weighted by Crippen LogP contribution is 2.31. The summed E-state index contributed by atoms with van der Waals surface area (Å²) < 4.78 is 20.4. The lowest BCUT2D eigenvalue weighted by Crippen LogP contribution is -2.55. The first kappa shape index (κ1) is 27.1. The molecule has 0 spiro atoms. The van der Waals surface area contributed by atoms with Crippen molar-refractivity contribution in [2.75, 3.05) is 13.2 Å². The van der Waals surface area contributed by atoms with E-state index >= 15 is 0 Å². The first-order valence-corrected chi connectivity index (χ1v) is 12.5. The highest BCUT2D eigenvalue weighted by molar-refractivity contribution is 14.1. The molecule has 0 fully saturated rings. The van der Waals surface area contributed by atoms with Crippen molar-refractivity contribution in [3.05, 3.63) is 75.1 Å². The molecule has 2 aromatic rings. The van der Waals surface area contributed by atoms with Gasteiger partial charge in [-0.25, -0.2) is 4.39 Å². The van der Waals surface area contributed by atoms with E-state index in [0.717, 1.165) is 3.57 Å². The van der Waals surface area contributed by atoms with Crippen molar-refractivity contribution >= 4 is 34.4 Å². The van der Waals surface area contributed by atoms with E-state index in [4.69, 9.17) is 9.84 Å². The Kier molecular flexibility index (Phi) is 9.64. The quantitative estimate of drug-likeness (QED) is 0.387. The normalized spacial score (nSPS) is 19.7. The standard InChI is InChI=1S/C26H30FIN2O5/c1-16(2)26(34)30(15-17-7-9-19(27)10-8-17)21-13-18(25(33)29-11-12-31)14-23(24(21)32)35-22-6-4-3-5-20(22)28/h3-10,14,16,21,23-24,31-32H,11-13,15H2,1-2H3,(H,29,33)/t21-,23+,24+/m1/s1. The van der Waals surface area contributed by atoms with Gasteiger partial charge in [-0.2, -0.15) is 0 Å². The predicted molar refractivity (Wildman–Crippen MR) is 138 cm³/mol. The maximum absolute atomic E-state index is 13.5. The Morgan fingerprint density at radius 3 is 2.51 bits per heavy atom. The van der Waals surface area contributed by atoms with E-state index in [0.29, 0.717) is 16.9 Å². The molecule has 1 aliphatic rings. The molecule has 0 bridgehead atoms. The molecule has 2 amide bonds. The van der Waals surface area contributed by atoms with E-state index in [2.05, 4.69) is 27.9 Å². The van der Waals surface area contributed by atoms with Gasteiger partial charge in [0, 0.05) is 31.0 Å². The van der Waals surface area contributed by atoms with Crippen molar-refractivity contribution in [1.82, 2.24) is 10.2 Å². The Hall–Kier alpha value is -2.50. The second kappa shape index (κ2) is 12.5. The zero-order valence-corrected chi connectivity index (χ0v) is 21.8. The van der Waals surface area contributed by atoms with Crippen molar-refractivity contribution < 1.29 is 28.9 Å². The van der Waals surface area contributed by atoms with Crippen LogP contribution >= 0.6 is 22.6 Å². The van der Waals surface area contributed by atoms with Crippen LogP contribution in [0.25, 0.3) is 0 Å². The van der Waals surface area contributed by atoms with Crippen molar-refractivity contribution in [3.63, 3.8) is 0 Å². The molecule has 0 heterocycles. The molecule has 0 aliphatic heterocycles. The van der Waals surface area contributed by atoms with E-state index in [9.17, 15) is 19.1 Å². The van der Waals surface area contributed by atoms with Crippen LogP contribution in [0.2, 0.25) is 0 Å². The molecule has 35 heavy (non-hydrogen) atoms. The number of halogens is 2. The second-order valence-electron chi connectivity index (χ2n) is 8.69. The first-order chi connectivity index (χ1) is 16.7. The lowest BCUT2D eigenvalue weighted by Gasteiger charge is -2.41. The third-order valence-electron chi connectivity index (χ3n) is 5.76. The number of ether oxygens (including phenoxy) is 1. The highest BCUT2D eigenvalue weighted by atomic mass is 127. The summed E-state index contributed by atoms with van der Waals surface area (Å²) in [4.78, 5) is 27.6. The molecule has 0 aromatic heterocycles. The van der Waals surface area contributed by atoms with Gasteiger partial charge in [0.15, 0.2) is 0 Å². The molecule has 0 saturated carbocycles. The molecule has 0 radical (unpaired) electrons. The lowest BCUT2D eigenvalue weighted by molar-refractivity contribution is -0.142. The van der Waals surface area contributed by atoms with Crippen LogP contribution in [-0.4, -0.2) is 58.3 Å². The summed E-state index contributed by atoms with van der Waals surface area (Å²) >= 11 is 2.13. The monoisotopic (exact) mass is 596 g/mol. The van der Waals surface area contributed by atoms with Gasteiger partial charge in [0.2, 0.25) is 11.8 Å². The SMILES string of the molecule is CC(C)C(=O)N(Cc1ccc(F)cc1)[C@@H]1CC(C(=O)NCCO)=C[C@H](Oc2ccccc2I)[C@H]1O. The fraction of sp³-hybridized carbons (Fsp3) is 0.385. The largest absolute Gasteiger partial charge is 0.482 e. The van der Waals surface area contributed by atoms with Crippen molar-refractivity contribution in [1.29, 1.82) is 0 Å². The van der Waals surface area contributed by atoms with Crippen LogP contribution < -0.4 is 10.1 Å². The fourth-order valence-corrected chi connectivity index (χ4v) is 4.46. The van der Waals surface area contributed by atoms with Gasteiger partial charge in [0.05, 0.1) is 16.2 Å². The summed E-state index contributed by atoms with van der Waals surface area (Å²) in [5.74, 6) is -0.807. The van der Waals surface area contributed by atoms with Crippen LogP contribution in [0.5, 0.6) is 5.75 Å². The van der Waals surface area contributed by atoms with Crippen LogP contribution in [0.3, 0.4) is 0 Å². The lowest BCUT2D eigenvalue weighted by atomic mass is 9.87. The van der Waals surface area contributed by atoms with Gasteiger partial charge >= 0.3 is 0 Å². The van der Waals surface area contributed by atoms with Crippen molar-refractivity contribution in [2.45, 2.75) is 45.1 Å². The average Bonchev–Trinajstić information content (AvgIpc) is 2.84. The summed E-state index contributed by atoms with van der Waals surface area (Å²) in [7, 11) is 0. The maximum Gasteiger partial charge on any atom is 0.247 e. The number of amides is 2. The van der Waals surface area contributed by atoms with Gasteiger partial charge in [0.1, 0.15) is 23.8 Å². The van der Waals surface area contributed by atoms with E-state index in [1.165, 1.54) is 12.1 Å². The van der Waals surface area contributed by atoms with E-state index in [1.54, 1.807) is 43.0 Å². The van der Waals surface area contributed by atoms with E-state index in [1.807, 2.05) is 18.2 Å². The number of rotatable bonds is 9. The van der Waals surface area contributed by atoms with Crippen molar-refractivity contribution in [2.24, 2.45) is 5.92 Å². The number of aliphatic hydroxyl groups excluding tert-OH is 2. The minimum Gasteiger partial charge on any atom is -0.482 e. The second-order valence-corrected chi connectivity index (χ2v) is 9.86. The molecule has 0 unspecified atom stereocenters. The Morgan fingerprint density at radius 2 is 1.89 bits per heavy atom. The van der Waals surface area contributed by atoms with E-state index < -0.39 is 24.2 Å². The predicted octanol–water partition coefficient (Wildman–Crippen LogP) is 3.03. The van der Waals surface area contributed by atoms with Crippen LogP contribution in [0, 0.1) is 15.3 Å². The summed E-state index contributed by atoms with van der Waals surface area (Å²) in [6.45, 7) is 3.53. The van der Waals surface area contributed by atoms with Crippen LogP contribution in [0.4, 0.5) is 4.39 Å². The molecule has 3 rings (SSSR count). The molecule has 3 N–H and O–H groups in total. The average molecular weight is 596 g/mol. The molecule has 188 valence electrons. The zero-order chi connectivity index (χ0) is 25.5. The number of para-hydroxylation sites is 1. The Balaban J connectivity index is 1.97. The first-order valence-electron chi connectivity index (χ1n) is 11.4. The topological polar surface area (TPSA) is 99.1 Å². The number of nitrogens with zero attached hydrogens (tertiary/aromatic N) is 1. The fourth-order valence-electron chi connectivity index (χ4n) is 3.94. The van der Waals surface area contributed by atoms with Gasteiger partial charge in [-0.05, 0) is 58.5 Å². The molecular formula is C26H30FIN2O5. The van der Waals surface area contributed by atoms with E-state index in [-0.39, 0.29) is 43.8 Å². The van der Waals surface area contributed by atoms with Crippen LogP contribution in [0.15, 0.2) is 60.2 Å². The van der Waals surface area contributed by atoms with Gasteiger partial charge in [0.25, 0.3) is 0 Å². The minimum absolute atomic E-state index is 0.0791. The Labute approximate surface area is 218 Å². The van der Waals surface area contributed by atoms with Gasteiger partial charge < -0.3 is 25.2 Å². The minimum atomic E-state index is -1.12. The summed E-state index contributed by atoms with van der Waals surface area (Å²) in [6, 6.07) is 12.4. The molecule has 0 saturated heterocycles. The molecule has 2 aromatic carbocycles. The highest BCUT2D eigenvalue weighted by Gasteiger charge is 2.41. The summed E-state index contributed by atoms with van der Waals surface area (Å²) in [6.07, 6.45) is -0.338. The number of hydrogen-bond donors (Lipinski definition) is 3. The van der Waals surface area contributed by atoms with Crippen LogP contribution in [-0.2, 0) is 16.1 Å². The Bertz CT molecular complexity index is 1060. The molecular weight excluding hydrogens is 566 g/mol.